The number of rotatable bonds is 3. The summed E-state index contributed by atoms with van der Waals surface area (Å²) in [5, 5.41) is 0. The van der Waals surface area contributed by atoms with E-state index in [1.54, 1.807) is 43.4 Å². The molecule has 1 aliphatic rings. The van der Waals surface area contributed by atoms with Gasteiger partial charge in [-0.1, -0.05) is 0 Å². The lowest BCUT2D eigenvalue weighted by molar-refractivity contribution is 0.0974. The van der Waals surface area contributed by atoms with Crippen LogP contribution in [0.15, 0.2) is 36.4 Å². The molecule has 0 saturated carbocycles. The average molecular weight is 329 g/mol. The molecule has 0 radical (unpaired) electrons. The Morgan fingerprint density at radius 3 is 2.42 bits per heavy atom. The van der Waals surface area contributed by atoms with E-state index in [0.29, 0.717) is 17.1 Å². The molecule has 0 spiro atoms. The van der Waals surface area contributed by atoms with Gasteiger partial charge in [-0.05, 0) is 55.7 Å². The fraction of sp³-hybridized carbons (Fsp3) is 0.316. The number of fused-ring (bicyclic) bond motifs is 1. The summed E-state index contributed by atoms with van der Waals surface area (Å²) in [6.07, 6.45) is 1.56. The molecule has 0 bridgehead atoms. The molecule has 5 heteroatoms. The number of benzene rings is 2. The van der Waals surface area contributed by atoms with E-state index >= 15 is 0 Å². The molecule has 1 amide bonds. The van der Waals surface area contributed by atoms with Gasteiger partial charge in [0.2, 0.25) is 0 Å². The summed E-state index contributed by atoms with van der Waals surface area (Å²) in [4.78, 5) is 14.8. The molecule has 0 unspecified atom stereocenters. The normalized spacial score (nSPS) is 16.5. The van der Waals surface area contributed by atoms with E-state index in [2.05, 4.69) is 0 Å². The lowest BCUT2D eigenvalue weighted by atomic mass is 9.95. The number of hydrogen-bond acceptors (Lipinski definition) is 3. The van der Waals surface area contributed by atoms with Crippen molar-refractivity contribution in [2.75, 3.05) is 19.1 Å². The standard InChI is InChI=1S/C19H20FNO3/c1-12-4-5-13-8-15(20)6-7-18(13)21(12)19(22)14-9-16(23-2)11-17(10-14)24-3/h6-12H,4-5H2,1-3H3/t12-/m0/s1. The van der Waals surface area contributed by atoms with Gasteiger partial charge in [0.25, 0.3) is 5.91 Å². The first-order valence-electron chi connectivity index (χ1n) is 7.88. The molecule has 3 rings (SSSR count). The van der Waals surface area contributed by atoms with Crippen molar-refractivity contribution in [1.29, 1.82) is 0 Å². The maximum atomic E-state index is 13.5. The van der Waals surface area contributed by atoms with Crippen molar-refractivity contribution < 1.29 is 18.7 Å². The van der Waals surface area contributed by atoms with E-state index < -0.39 is 0 Å². The van der Waals surface area contributed by atoms with Crippen LogP contribution in [0, 0.1) is 5.82 Å². The van der Waals surface area contributed by atoms with Gasteiger partial charge in [-0.3, -0.25) is 4.79 Å². The topological polar surface area (TPSA) is 38.8 Å². The number of methoxy groups -OCH3 is 2. The molecular weight excluding hydrogens is 309 g/mol. The van der Waals surface area contributed by atoms with Crippen molar-refractivity contribution in [3.05, 3.63) is 53.3 Å². The van der Waals surface area contributed by atoms with Gasteiger partial charge in [-0.15, -0.1) is 0 Å². The van der Waals surface area contributed by atoms with E-state index in [9.17, 15) is 9.18 Å². The summed E-state index contributed by atoms with van der Waals surface area (Å²) < 4.78 is 24.0. The minimum Gasteiger partial charge on any atom is -0.497 e. The Bertz CT molecular complexity index is 753. The SMILES string of the molecule is COc1cc(OC)cc(C(=O)N2c3ccc(F)cc3CC[C@@H]2C)c1. The third-order valence-electron chi connectivity index (χ3n) is 4.39. The number of nitrogens with zero attached hydrogens (tertiary/aromatic N) is 1. The van der Waals surface area contributed by atoms with Crippen LogP contribution in [0.3, 0.4) is 0 Å². The van der Waals surface area contributed by atoms with E-state index in [1.165, 1.54) is 12.1 Å². The molecule has 2 aromatic rings. The van der Waals surface area contributed by atoms with Crippen molar-refractivity contribution in [3.63, 3.8) is 0 Å². The number of halogens is 1. The van der Waals surface area contributed by atoms with Gasteiger partial charge >= 0.3 is 0 Å². The molecule has 0 saturated heterocycles. The van der Waals surface area contributed by atoms with Crippen LogP contribution in [-0.4, -0.2) is 26.2 Å². The Morgan fingerprint density at radius 1 is 1.12 bits per heavy atom. The number of amides is 1. The molecule has 1 aliphatic heterocycles. The maximum absolute atomic E-state index is 13.5. The first-order chi connectivity index (χ1) is 11.5. The summed E-state index contributed by atoms with van der Waals surface area (Å²) in [6.45, 7) is 2.00. The highest BCUT2D eigenvalue weighted by Gasteiger charge is 2.29. The van der Waals surface area contributed by atoms with Gasteiger partial charge in [0.05, 0.1) is 14.2 Å². The van der Waals surface area contributed by atoms with Crippen LogP contribution in [0.25, 0.3) is 0 Å². The van der Waals surface area contributed by atoms with Crippen LogP contribution in [0.2, 0.25) is 0 Å². The zero-order valence-corrected chi connectivity index (χ0v) is 14.0. The highest BCUT2D eigenvalue weighted by molar-refractivity contribution is 6.07. The molecular formula is C19H20FNO3. The minimum absolute atomic E-state index is 0.0349. The third kappa shape index (κ3) is 2.94. The third-order valence-corrected chi connectivity index (χ3v) is 4.39. The average Bonchev–Trinajstić information content (AvgIpc) is 2.60. The van der Waals surface area contributed by atoms with Crippen LogP contribution in [0.4, 0.5) is 10.1 Å². The number of hydrogen-bond donors (Lipinski definition) is 0. The summed E-state index contributed by atoms with van der Waals surface area (Å²) in [7, 11) is 3.09. The Labute approximate surface area is 140 Å². The molecule has 0 fully saturated rings. The largest absolute Gasteiger partial charge is 0.497 e. The smallest absolute Gasteiger partial charge is 0.258 e. The van der Waals surface area contributed by atoms with Crippen molar-refractivity contribution in [2.45, 2.75) is 25.8 Å². The molecule has 1 heterocycles. The maximum Gasteiger partial charge on any atom is 0.258 e. The number of anilines is 1. The molecule has 0 aliphatic carbocycles. The van der Waals surface area contributed by atoms with E-state index in [4.69, 9.17) is 9.47 Å². The summed E-state index contributed by atoms with van der Waals surface area (Å²) in [5.41, 5.74) is 2.11. The molecule has 2 aromatic carbocycles. The van der Waals surface area contributed by atoms with Crippen molar-refractivity contribution in [3.8, 4) is 11.5 Å². The van der Waals surface area contributed by atoms with Crippen LogP contribution in [0.1, 0.15) is 29.3 Å². The van der Waals surface area contributed by atoms with E-state index in [1.807, 2.05) is 6.92 Å². The Balaban J connectivity index is 2.04. The van der Waals surface area contributed by atoms with E-state index in [-0.39, 0.29) is 17.8 Å². The zero-order valence-electron chi connectivity index (χ0n) is 14.0. The van der Waals surface area contributed by atoms with E-state index in [0.717, 1.165) is 24.1 Å². The molecule has 0 aromatic heterocycles. The lowest BCUT2D eigenvalue weighted by Gasteiger charge is -2.35. The number of ether oxygens (including phenoxy) is 2. The van der Waals surface area contributed by atoms with Gasteiger partial charge in [0.15, 0.2) is 0 Å². The predicted octanol–water partition coefficient (Wildman–Crippen LogP) is 3.82. The van der Waals surface area contributed by atoms with Crippen molar-refractivity contribution >= 4 is 11.6 Å². The summed E-state index contributed by atoms with van der Waals surface area (Å²) in [5.74, 6) is 0.689. The second-order valence-electron chi connectivity index (χ2n) is 5.94. The monoisotopic (exact) mass is 329 g/mol. The van der Waals surface area contributed by atoms with Crippen LogP contribution in [-0.2, 0) is 6.42 Å². The highest BCUT2D eigenvalue weighted by Crippen LogP contribution is 2.33. The highest BCUT2D eigenvalue weighted by atomic mass is 19.1. The minimum atomic E-state index is -0.279. The van der Waals surface area contributed by atoms with Crippen molar-refractivity contribution in [1.82, 2.24) is 0 Å². The first-order valence-corrected chi connectivity index (χ1v) is 7.88. The van der Waals surface area contributed by atoms with Crippen molar-refractivity contribution in [2.24, 2.45) is 0 Å². The Hall–Kier alpha value is -2.56. The number of carbonyl (C=O) groups excluding carboxylic acids is 1. The molecule has 126 valence electrons. The van der Waals surface area contributed by atoms with Gasteiger partial charge in [0, 0.05) is 23.4 Å². The zero-order chi connectivity index (χ0) is 17.3. The van der Waals surface area contributed by atoms with Crippen LogP contribution in [0.5, 0.6) is 11.5 Å². The fourth-order valence-corrected chi connectivity index (χ4v) is 3.10. The Morgan fingerprint density at radius 2 is 1.79 bits per heavy atom. The van der Waals surface area contributed by atoms with Gasteiger partial charge in [-0.2, -0.15) is 0 Å². The summed E-state index contributed by atoms with van der Waals surface area (Å²) >= 11 is 0. The lowest BCUT2D eigenvalue weighted by Crippen LogP contribution is -2.42. The molecule has 24 heavy (non-hydrogen) atoms. The van der Waals surface area contributed by atoms with Crippen LogP contribution >= 0.6 is 0 Å². The second kappa shape index (κ2) is 6.51. The quantitative estimate of drug-likeness (QED) is 0.859. The molecule has 0 N–H and O–H groups in total. The van der Waals surface area contributed by atoms with Crippen LogP contribution < -0.4 is 14.4 Å². The van der Waals surface area contributed by atoms with Gasteiger partial charge in [-0.25, -0.2) is 4.39 Å². The number of carbonyl (C=O) groups is 1. The fourth-order valence-electron chi connectivity index (χ4n) is 3.10. The second-order valence-corrected chi connectivity index (χ2v) is 5.94. The number of aryl methyl sites for hydroxylation is 1. The Kier molecular flexibility index (Phi) is 4.42. The van der Waals surface area contributed by atoms with Gasteiger partial charge < -0.3 is 14.4 Å². The van der Waals surface area contributed by atoms with Gasteiger partial charge in [0.1, 0.15) is 17.3 Å². The first kappa shape index (κ1) is 16.3. The summed E-state index contributed by atoms with van der Waals surface area (Å²) in [6, 6.07) is 9.71. The predicted molar refractivity (Wildman–Crippen MR) is 90.5 cm³/mol. The molecule has 4 nitrogen and oxygen atoms in total. The molecule has 1 atom stereocenters.